The van der Waals surface area contributed by atoms with E-state index in [1.54, 1.807) is 19.1 Å². The molecular formula is C15H24N2O2. The number of aryl methyl sites for hydroxylation is 1. The first-order valence-electron chi connectivity index (χ1n) is 6.81. The van der Waals surface area contributed by atoms with Crippen LogP contribution in [0.15, 0.2) is 18.2 Å². The molecule has 1 aromatic rings. The van der Waals surface area contributed by atoms with Crippen molar-refractivity contribution < 1.29 is 4.92 Å². The SMILES string of the molecule is Cc1ccc(NCC(C(C)C)C(C)C)cc1[N+](=O)[O-]. The topological polar surface area (TPSA) is 55.2 Å². The first kappa shape index (κ1) is 15.5. The Labute approximate surface area is 115 Å². The van der Waals surface area contributed by atoms with Gasteiger partial charge in [0.2, 0.25) is 0 Å². The van der Waals surface area contributed by atoms with Crippen molar-refractivity contribution in [2.75, 3.05) is 11.9 Å². The van der Waals surface area contributed by atoms with Crippen LogP contribution in [0.2, 0.25) is 0 Å². The molecule has 1 aromatic carbocycles. The quantitative estimate of drug-likeness (QED) is 0.617. The van der Waals surface area contributed by atoms with Crippen LogP contribution in [-0.4, -0.2) is 11.5 Å². The Morgan fingerprint density at radius 2 is 1.79 bits per heavy atom. The Morgan fingerprint density at radius 3 is 2.26 bits per heavy atom. The average Bonchev–Trinajstić information content (AvgIpc) is 2.30. The molecular weight excluding hydrogens is 240 g/mol. The van der Waals surface area contributed by atoms with Crippen molar-refractivity contribution in [3.63, 3.8) is 0 Å². The van der Waals surface area contributed by atoms with Gasteiger partial charge in [0.05, 0.1) is 4.92 Å². The number of anilines is 1. The lowest BCUT2D eigenvalue weighted by atomic mass is 9.85. The van der Waals surface area contributed by atoms with Crippen LogP contribution in [0.4, 0.5) is 11.4 Å². The maximum atomic E-state index is 10.9. The Morgan fingerprint density at radius 1 is 1.21 bits per heavy atom. The van der Waals surface area contributed by atoms with E-state index in [0.717, 1.165) is 12.2 Å². The van der Waals surface area contributed by atoms with Gasteiger partial charge in [0.1, 0.15) is 0 Å². The van der Waals surface area contributed by atoms with Crippen molar-refractivity contribution in [3.05, 3.63) is 33.9 Å². The van der Waals surface area contributed by atoms with Crippen molar-refractivity contribution in [3.8, 4) is 0 Å². The second-order valence-corrected chi connectivity index (χ2v) is 5.79. The third-order valence-electron chi connectivity index (χ3n) is 3.66. The van der Waals surface area contributed by atoms with E-state index < -0.39 is 0 Å². The van der Waals surface area contributed by atoms with Gasteiger partial charge in [-0.15, -0.1) is 0 Å². The molecule has 0 spiro atoms. The van der Waals surface area contributed by atoms with Crippen LogP contribution in [-0.2, 0) is 0 Å². The van der Waals surface area contributed by atoms with Gasteiger partial charge >= 0.3 is 0 Å². The van der Waals surface area contributed by atoms with Gasteiger partial charge in [-0.1, -0.05) is 33.8 Å². The number of nitro groups is 1. The van der Waals surface area contributed by atoms with E-state index in [9.17, 15) is 10.1 Å². The van der Waals surface area contributed by atoms with Crippen LogP contribution >= 0.6 is 0 Å². The van der Waals surface area contributed by atoms with E-state index >= 15 is 0 Å². The molecule has 0 aliphatic carbocycles. The molecule has 0 aromatic heterocycles. The lowest BCUT2D eigenvalue weighted by Crippen LogP contribution is -2.24. The maximum Gasteiger partial charge on any atom is 0.274 e. The molecule has 19 heavy (non-hydrogen) atoms. The Bertz CT molecular complexity index is 434. The summed E-state index contributed by atoms with van der Waals surface area (Å²) in [5.74, 6) is 1.74. The highest BCUT2D eigenvalue weighted by atomic mass is 16.6. The largest absolute Gasteiger partial charge is 0.385 e. The molecule has 1 N–H and O–H groups in total. The molecule has 0 aliphatic rings. The highest BCUT2D eigenvalue weighted by Gasteiger charge is 2.18. The number of nitrogens with zero attached hydrogens (tertiary/aromatic N) is 1. The fourth-order valence-electron chi connectivity index (χ4n) is 2.39. The number of benzene rings is 1. The molecule has 106 valence electrons. The molecule has 0 fully saturated rings. The minimum absolute atomic E-state index is 0.177. The summed E-state index contributed by atoms with van der Waals surface area (Å²) in [7, 11) is 0. The molecule has 0 unspecified atom stereocenters. The first-order valence-corrected chi connectivity index (χ1v) is 6.81. The van der Waals surface area contributed by atoms with E-state index in [1.165, 1.54) is 0 Å². The second kappa shape index (κ2) is 6.55. The van der Waals surface area contributed by atoms with E-state index in [4.69, 9.17) is 0 Å². The molecule has 0 aliphatic heterocycles. The van der Waals surface area contributed by atoms with Crippen molar-refractivity contribution >= 4 is 11.4 Å². The van der Waals surface area contributed by atoms with Crippen molar-refractivity contribution in [1.29, 1.82) is 0 Å². The third kappa shape index (κ3) is 4.23. The van der Waals surface area contributed by atoms with Crippen LogP contribution in [0, 0.1) is 34.8 Å². The monoisotopic (exact) mass is 264 g/mol. The predicted molar refractivity (Wildman–Crippen MR) is 79.5 cm³/mol. The minimum atomic E-state index is -0.330. The summed E-state index contributed by atoms with van der Waals surface area (Å²) >= 11 is 0. The van der Waals surface area contributed by atoms with Gasteiger partial charge in [-0.2, -0.15) is 0 Å². The van der Waals surface area contributed by atoms with Gasteiger partial charge in [0.15, 0.2) is 0 Å². The molecule has 0 heterocycles. The van der Waals surface area contributed by atoms with Crippen LogP contribution < -0.4 is 5.32 Å². The number of hydrogen-bond acceptors (Lipinski definition) is 3. The Hall–Kier alpha value is -1.58. The molecule has 1 rings (SSSR count). The molecule has 0 amide bonds. The zero-order valence-electron chi connectivity index (χ0n) is 12.4. The summed E-state index contributed by atoms with van der Waals surface area (Å²) in [6.45, 7) is 11.4. The van der Waals surface area contributed by atoms with Gasteiger partial charge < -0.3 is 5.32 Å². The normalized spacial score (nSPS) is 11.4. The zero-order valence-corrected chi connectivity index (χ0v) is 12.4. The third-order valence-corrected chi connectivity index (χ3v) is 3.66. The lowest BCUT2D eigenvalue weighted by Gasteiger charge is -2.25. The average molecular weight is 264 g/mol. The number of hydrogen-bond donors (Lipinski definition) is 1. The maximum absolute atomic E-state index is 10.9. The van der Waals surface area contributed by atoms with Gasteiger partial charge in [0, 0.05) is 23.9 Å². The standard InChI is InChI=1S/C15H24N2O2/c1-10(2)14(11(3)4)9-16-13-7-6-12(5)15(8-13)17(18)19/h6-8,10-11,14,16H,9H2,1-5H3. The van der Waals surface area contributed by atoms with E-state index in [1.807, 2.05) is 6.07 Å². The molecule has 4 nitrogen and oxygen atoms in total. The van der Waals surface area contributed by atoms with Crippen LogP contribution in [0.3, 0.4) is 0 Å². The molecule has 0 atom stereocenters. The Balaban J connectivity index is 2.78. The van der Waals surface area contributed by atoms with Crippen LogP contribution in [0.5, 0.6) is 0 Å². The van der Waals surface area contributed by atoms with Gasteiger partial charge in [0.25, 0.3) is 5.69 Å². The van der Waals surface area contributed by atoms with Gasteiger partial charge in [-0.3, -0.25) is 10.1 Å². The highest BCUT2D eigenvalue weighted by molar-refractivity contribution is 5.54. The fraction of sp³-hybridized carbons (Fsp3) is 0.600. The summed E-state index contributed by atoms with van der Waals surface area (Å²) in [4.78, 5) is 10.6. The molecule has 0 radical (unpaired) electrons. The van der Waals surface area contributed by atoms with Crippen LogP contribution in [0.1, 0.15) is 33.3 Å². The summed E-state index contributed by atoms with van der Waals surface area (Å²) in [5, 5.41) is 14.2. The number of nitro benzene ring substituents is 1. The summed E-state index contributed by atoms with van der Waals surface area (Å²) < 4.78 is 0. The molecule has 0 saturated carbocycles. The first-order chi connectivity index (χ1) is 8.82. The molecule has 0 saturated heterocycles. The predicted octanol–water partition coefficient (Wildman–Crippen LogP) is 4.24. The smallest absolute Gasteiger partial charge is 0.274 e. The summed E-state index contributed by atoms with van der Waals surface area (Å²) in [6.07, 6.45) is 0. The van der Waals surface area contributed by atoms with E-state index in [-0.39, 0.29) is 10.6 Å². The molecule has 0 bridgehead atoms. The lowest BCUT2D eigenvalue weighted by molar-refractivity contribution is -0.385. The van der Waals surface area contributed by atoms with E-state index in [0.29, 0.717) is 23.3 Å². The zero-order chi connectivity index (χ0) is 14.6. The minimum Gasteiger partial charge on any atom is -0.385 e. The fourth-order valence-corrected chi connectivity index (χ4v) is 2.39. The van der Waals surface area contributed by atoms with Crippen molar-refractivity contribution in [2.45, 2.75) is 34.6 Å². The number of rotatable bonds is 6. The summed E-state index contributed by atoms with van der Waals surface area (Å²) in [6, 6.07) is 5.31. The second-order valence-electron chi connectivity index (χ2n) is 5.79. The molecule has 4 heteroatoms. The van der Waals surface area contributed by atoms with Crippen LogP contribution in [0.25, 0.3) is 0 Å². The van der Waals surface area contributed by atoms with Gasteiger partial charge in [-0.25, -0.2) is 0 Å². The van der Waals surface area contributed by atoms with Crippen molar-refractivity contribution in [2.24, 2.45) is 17.8 Å². The number of nitrogens with one attached hydrogen (secondary N) is 1. The van der Waals surface area contributed by atoms with Gasteiger partial charge in [-0.05, 0) is 30.7 Å². The summed E-state index contributed by atoms with van der Waals surface area (Å²) in [5.41, 5.74) is 1.69. The van der Waals surface area contributed by atoms with Crippen molar-refractivity contribution in [1.82, 2.24) is 0 Å². The highest BCUT2D eigenvalue weighted by Crippen LogP contribution is 2.25. The van der Waals surface area contributed by atoms with E-state index in [2.05, 4.69) is 33.0 Å². The Kier molecular flexibility index (Phi) is 5.33.